The van der Waals surface area contributed by atoms with Gasteiger partial charge in [0.1, 0.15) is 5.75 Å². The normalized spacial score (nSPS) is 10.6. The molecule has 32 heavy (non-hydrogen) atoms. The van der Waals surface area contributed by atoms with Crippen molar-refractivity contribution in [3.63, 3.8) is 0 Å². The summed E-state index contributed by atoms with van der Waals surface area (Å²) >= 11 is 1.35. The lowest BCUT2D eigenvalue weighted by atomic mass is 10.1. The topological polar surface area (TPSA) is 98.1 Å². The Hall–Kier alpha value is -3.33. The number of amides is 2. The van der Waals surface area contributed by atoms with Crippen molar-refractivity contribution in [1.29, 1.82) is 0 Å². The van der Waals surface area contributed by atoms with Crippen LogP contribution < -0.4 is 15.4 Å². The lowest BCUT2D eigenvalue weighted by molar-refractivity contribution is -0.123. The Labute approximate surface area is 191 Å². The zero-order chi connectivity index (χ0) is 22.9. The first-order valence-electron chi connectivity index (χ1n) is 10.4. The molecule has 0 aliphatic rings. The van der Waals surface area contributed by atoms with Crippen molar-refractivity contribution in [3.05, 3.63) is 54.1 Å². The van der Waals surface area contributed by atoms with E-state index >= 15 is 0 Å². The summed E-state index contributed by atoms with van der Waals surface area (Å²) in [5, 5.41) is 14.9. The highest BCUT2D eigenvalue weighted by molar-refractivity contribution is 7.99. The van der Waals surface area contributed by atoms with Crippen molar-refractivity contribution in [2.45, 2.75) is 32.5 Å². The molecule has 0 spiro atoms. The van der Waals surface area contributed by atoms with Crippen molar-refractivity contribution in [2.75, 3.05) is 24.2 Å². The molecule has 0 unspecified atom stereocenters. The number of nitrogens with one attached hydrogen (secondary N) is 2. The molecule has 2 amide bonds. The molecule has 3 rings (SSSR count). The molecule has 9 heteroatoms. The minimum atomic E-state index is -0.174. The summed E-state index contributed by atoms with van der Waals surface area (Å²) in [6, 6.07) is 14.9. The van der Waals surface area contributed by atoms with Gasteiger partial charge in [-0.3, -0.25) is 9.59 Å². The molecule has 0 aliphatic carbocycles. The molecule has 1 heterocycles. The van der Waals surface area contributed by atoms with Crippen LogP contribution in [-0.2, 0) is 16.1 Å². The second kappa shape index (κ2) is 11.3. The number of nitrogens with zero attached hydrogens (tertiary/aromatic N) is 3. The molecule has 2 aromatic carbocycles. The summed E-state index contributed by atoms with van der Waals surface area (Å²) in [6.07, 6.45) is 0. The van der Waals surface area contributed by atoms with Crippen LogP contribution in [0.2, 0.25) is 0 Å². The predicted octanol–water partition coefficient (Wildman–Crippen LogP) is 3.52. The number of carbonyl (C=O) groups is 2. The molecule has 0 saturated carbocycles. The summed E-state index contributed by atoms with van der Waals surface area (Å²) in [6.45, 7) is 7.15. The number of hydrogen-bond donors (Lipinski definition) is 2. The van der Waals surface area contributed by atoms with Gasteiger partial charge in [0.05, 0.1) is 5.75 Å². The summed E-state index contributed by atoms with van der Waals surface area (Å²) in [5.74, 6) is 1.25. The molecule has 0 aliphatic heterocycles. The molecule has 2 N–H and O–H groups in total. The number of aryl methyl sites for hydroxylation is 1. The summed E-state index contributed by atoms with van der Waals surface area (Å²) < 4.78 is 7.43. The Morgan fingerprint density at radius 3 is 2.47 bits per heavy atom. The second-order valence-electron chi connectivity index (χ2n) is 6.97. The third-order valence-corrected chi connectivity index (χ3v) is 5.60. The van der Waals surface area contributed by atoms with Crippen LogP contribution in [0.1, 0.15) is 19.4 Å². The molecule has 0 bridgehead atoms. The van der Waals surface area contributed by atoms with E-state index < -0.39 is 0 Å². The van der Waals surface area contributed by atoms with Gasteiger partial charge < -0.3 is 19.9 Å². The number of carbonyl (C=O) groups excluding carboxylic acids is 2. The van der Waals surface area contributed by atoms with Crippen LogP contribution in [-0.4, -0.2) is 45.5 Å². The van der Waals surface area contributed by atoms with Crippen LogP contribution in [0.25, 0.3) is 11.4 Å². The van der Waals surface area contributed by atoms with Gasteiger partial charge in [0, 0.05) is 24.3 Å². The number of aromatic nitrogens is 3. The van der Waals surface area contributed by atoms with E-state index in [0.717, 1.165) is 17.0 Å². The van der Waals surface area contributed by atoms with Gasteiger partial charge in [0.25, 0.3) is 5.91 Å². The van der Waals surface area contributed by atoms with Gasteiger partial charge in [-0.15, -0.1) is 10.2 Å². The maximum Gasteiger partial charge on any atom is 0.257 e. The highest BCUT2D eigenvalue weighted by Crippen LogP contribution is 2.26. The monoisotopic (exact) mass is 453 g/mol. The number of rotatable bonds is 10. The van der Waals surface area contributed by atoms with Crippen LogP contribution in [0.3, 0.4) is 0 Å². The quantitative estimate of drug-likeness (QED) is 0.456. The van der Waals surface area contributed by atoms with Crippen molar-refractivity contribution < 1.29 is 14.3 Å². The number of thioether (sulfide) groups is 1. The molecule has 0 radical (unpaired) electrons. The van der Waals surface area contributed by atoms with Crippen LogP contribution in [0.4, 0.5) is 5.69 Å². The van der Waals surface area contributed by atoms with Crippen LogP contribution >= 0.6 is 11.8 Å². The van der Waals surface area contributed by atoms with Crippen molar-refractivity contribution in [2.24, 2.45) is 0 Å². The van der Waals surface area contributed by atoms with E-state index in [2.05, 4.69) is 20.8 Å². The zero-order valence-corrected chi connectivity index (χ0v) is 19.2. The van der Waals surface area contributed by atoms with E-state index in [1.165, 1.54) is 11.8 Å². The molecular formula is C23H27N5O3S. The fourth-order valence-corrected chi connectivity index (χ4v) is 3.86. The highest BCUT2D eigenvalue weighted by atomic mass is 32.2. The minimum Gasteiger partial charge on any atom is -0.484 e. The first-order chi connectivity index (χ1) is 15.5. The second-order valence-corrected chi connectivity index (χ2v) is 7.91. The SMILES string of the molecule is CCNC(=O)COc1ccc(NC(=O)CSc2nnc(-c3ccccc3C)n2CC)cc1. The molecule has 0 saturated heterocycles. The van der Waals surface area contributed by atoms with E-state index in [4.69, 9.17) is 4.74 Å². The predicted molar refractivity (Wildman–Crippen MR) is 126 cm³/mol. The average molecular weight is 454 g/mol. The lowest BCUT2D eigenvalue weighted by Crippen LogP contribution is -2.28. The van der Waals surface area contributed by atoms with E-state index in [-0.39, 0.29) is 24.2 Å². The van der Waals surface area contributed by atoms with Crippen molar-refractivity contribution in [1.82, 2.24) is 20.1 Å². The van der Waals surface area contributed by atoms with Crippen LogP contribution in [0, 0.1) is 6.92 Å². The van der Waals surface area contributed by atoms with Crippen LogP contribution in [0.5, 0.6) is 5.75 Å². The summed E-state index contributed by atoms with van der Waals surface area (Å²) in [5.41, 5.74) is 2.81. The highest BCUT2D eigenvalue weighted by Gasteiger charge is 2.16. The smallest absolute Gasteiger partial charge is 0.257 e. The molecule has 0 fully saturated rings. The van der Waals surface area contributed by atoms with Gasteiger partial charge >= 0.3 is 0 Å². The fraction of sp³-hybridized carbons (Fsp3) is 0.304. The van der Waals surface area contributed by atoms with Gasteiger partial charge in [-0.2, -0.15) is 0 Å². The Kier molecular flexibility index (Phi) is 8.27. The average Bonchev–Trinajstić information content (AvgIpc) is 3.20. The first-order valence-corrected chi connectivity index (χ1v) is 11.4. The third kappa shape index (κ3) is 6.10. The molecule has 8 nitrogen and oxygen atoms in total. The number of ether oxygens (including phenoxy) is 1. The maximum atomic E-state index is 12.4. The van der Waals surface area contributed by atoms with E-state index in [1.807, 2.05) is 49.6 Å². The Balaban J connectivity index is 1.55. The summed E-state index contributed by atoms with van der Waals surface area (Å²) in [4.78, 5) is 23.9. The van der Waals surface area contributed by atoms with Crippen molar-refractivity contribution in [3.8, 4) is 17.1 Å². The van der Waals surface area contributed by atoms with Crippen LogP contribution in [0.15, 0.2) is 53.7 Å². The Bertz CT molecular complexity index is 1070. The standard InChI is InChI=1S/C23H27N5O3S/c1-4-24-20(29)14-31-18-12-10-17(11-13-18)25-21(30)15-32-23-27-26-22(28(23)5-2)19-9-7-6-8-16(19)3/h6-13H,4-5,14-15H2,1-3H3,(H,24,29)(H,25,30). The zero-order valence-electron chi connectivity index (χ0n) is 18.4. The van der Waals surface area contributed by atoms with E-state index in [1.54, 1.807) is 24.3 Å². The Morgan fingerprint density at radius 2 is 1.78 bits per heavy atom. The third-order valence-electron chi connectivity index (χ3n) is 4.63. The number of anilines is 1. The largest absolute Gasteiger partial charge is 0.484 e. The number of hydrogen-bond acceptors (Lipinski definition) is 6. The molecule has 168 valence electrons. The van der Waals surface area contributed by atoms with Gasteiger partial charge in [0.15, 0.2) is 17.6 Å². The number of benzene rings is 2. The molecule has 3 aromatic rings. The first kappa shape index (κ1) is 23.3. The minimum absolute atomic E-state index is 0.0429. The Morgan fingerprint density at radius 1 is 1.03 bits per heavy atom. The van der Waals surface area contributed by atoms with Crippen molar-refractivity contribution >= 4 is 29.3 Å². The molecule has 1 aromatic heterocycles. The fourth-order valence-electron chi connectivity index (χ4n) is 3.06. The van der Waals surface area contributed by atoms with E-state index in [0.29, 0.717) is 29.7 Å². The van der Waals surface area contributed by atoms with Gasteiger partial charge in [-0.1, -0.05) is 36.0 Å². The van der Waals surface area contributed by atoms with Gasteiger partial charge in [-0.05, 0) is 50.6 Å². The summed E-state index contributed by atoms with van der Waals surface area (Å²) in [7, 11) is 0. The maximum absolute atomic E-state index is 12.4. The lowest BCUT2D eigenvalue weighted by Gasteiger charge is -2.10. The van der Waals surface area contributed by atoms with E-state index in [9.17, 15) is 9.59 Å². The molecule has 0 atom stereocenters. The molecular weight excluding hydrogens is 426 g/mol. The number of likely N-dealkylation sites (N-methyl/N-ethyl adjacent to an activating group) is 1. The van der Waals surface area contributed by atoms with Gasteiger partial charge in [-0.25, -0.2) is 0 Å². The van der Waals surface area contributed by atoms with Gasteiger partial charge in [0.2, 0.25) is 5.91 Å².